The highest BCUT2D eigenvalue weighted by molar-refractivity contribution is 6.22. The van der Waals surface area contributed by atoms with Crippen LogP contribution in [0.25, 0.3) is 5.57 Å². The Kier molecular flexibility index (Phi) is 3.79. The number of rotatable bonds is 3. The summed E-state index contributed by atoms with van der Waals surface area (Å²) in [7, 11) is 4.47. The maximum Gasteiger partial charge on any atom is 0.228 e. The van der Waals surface area contributed by atoms with Crippen molar-refractivity contribution in [1.82, 2.24) is 0 Å². The third-order valence-electron chi connectivity index (χ3n) is 4.40. The van der Waals surface area contributed by atoms with Gasteiger partial charge >= 0.3 is 0 Å². The fourth-order valence-corrected chi connectivity index (χ4v) is 3.28. The molecule has 0 aliphatic heterocycles. The molecule has 0 unspecified atom stereocenters. The van der Waals surface area contributed by atoms with E-state index in [0.717, 1.165) is 5.56 Å². The van der Waals surface area contributed by atoms with Crippen LogP contribution in [-0.4, -0.2) is 32.9 Å². The van der Waals surface area contributed by atoms with E-state index in [1.165, 1.54) is 20.3 Å². The van der Waals surface area contributed by atoms with Gasteiger partial charge in [-0.1, -0.05) is 0 Å². The van der Waals surface area contributed by atoms with Gasteiger partial charge in [-0.25, -0.2) is 0 Å². The van der Waals surface area contributed by atoms with E-state index >= 15 is 0 Å². The Bertz CT molecular complexity index is 868. The molecule has 5 heteroatoms. The molecule has 2 aliphatic rings. The molecule has 0 radical (unpaired) electrons. The van der Waals surface area contributed by atoms with Crippen molar-refractivity contribution in [2.24, 2.45) is 0 Å². The van der Waals surface area contributed by atoms with Crippen molar-refractivity contribution < 1.29 is 23.8 Å². The van der Waals surface area contributed by atoms with Crippen LogP contribution in [0.1, 0.15) is 28.4 Å². The standard InChI is InChI=1S/C19H18O5/c1-9-6-13-11(8-15(9)22-3)12-7-14(20)18(23-4)10(2)16(12)19(24-5)17(13)21/h6-8H,1-5H3. The number of allylic oxidation sites excluding steroid dienone is 5. The SMILES string of the molecule is COC1=C(C)C2=C(OC)C(=O)c3cc(C)c(OC)cc3C2=CC1=O. The smallest absolute Gasteiger partial charge is 0.228 e. The fourth-order valence-electron chi connectivity index (χ4n) is 3.28. The van der Waals surface area contributed by atoms with E-state index in [2.05, 4.69) is 0 Å². The van der Waals surface area contributed by atoms with Crippen LogP contribution in [-0.2, 0) is 14.3 Å². The van der Waals surface area contributed by atoms with Gasteiger partial charge in [-0.3, -0.25) is 9.59 Å². The summed E-state index contributed by atoms with van der Waals surface area (Å²) in [5.74, 6) is 0.657. The summed E-state index contributed by atoms with van der Waals surface area (Å²) in [5.41, 5.74) is 3.86. The van der Waals surface area contributed by atoms with Gasteiger partial charge in [-0.05, 0) is 48.8 Å². The van der Waals surface area contributed by atoms with Gasteiger partial charge in [0, 0.05) is 16.7 Å². The van der Waals surface area contributed by atoms with E-state index in [1.54, 1.807) is 26.2 Å². The summed E-state index contributed by atoms with van der Waals surface area (Å²) >= 11 is 0. The van der Waals surface area contributed by atoms with Crippen LogP contribution in [0.15, 0.2) is 40.9 Å². The average molecular weight is 326 g/mol. The Morgan fingerprint density at radius 1 is 0.833 bits per heavy atom. The van der Waals surface area contributed by atoms with E-state index in [0.29, 0.717) is 33.6 Å². The summed E-state index contributed by atoms with van der Waals surface area (Å²) in [5, 5.41) is 0. The van der Waals surface area contributed by atoms with E-state index in [1.807, 2.05) is 6.92 Å². The van der Waals surface area contributed by atoms with Gasteiger partial charge in [-0.2, -0.15) is 0 Å². The van der Waals surface area contributed by atoms with Crippen LogP contribution in [0.2, 0.25) is 0 Å². The normalized spacial score (nSPS) is 16.6. The third-order valence-corrected chi connectivity index (χ3v) is 4.40. The highest BCUT2D eigenvalue weighted by atomic mass is 16.5. The lowest BCUT2D eigenvalue weighted by atomic mass is 9.78. The zero-order valence-electron chi connectivity index (χ0n) is 14.3. The molecule has 0 heterocycles. The van der Waals surface area contributed by atoms with Gasteiger partial charge in [0.1, 0.15) is 5.75 Å². The molecule has 1 aromatic rings. The molecule has 5 nitrogen and oxygen atoms in total. The molecule has 0 spiro atoms. The number of ketones is 2. The lowest BCUT2D eigenvalue weighted by molar-refractivity contribution is -0.114. The van der Waals surface area contributed by atoms with E-state index in [9.17, 15) is 9.59 Å². The zero-order valence-corrected chi connectivity index (χ0v) is 14.3. The minimum Gasteiger partial charge on any atom is -0.496 e. The Morgan fingerprint density at radius 2 is 1.50 bits per heavy atom. The van der Waals surface area contributed by atoms with Crippen molar-refractivity contribution in [1.29, 1.82) is 0 Å². The number of hydrogen-bond donors (Lipinski definition) is 0. The molecule has 0 N–H and O–H groups in total. The molecule has 0 aromatic heterocycles. The number of benzene rings is 1. The molecule has 124 valence electrons. The number of carbonyl (C=O) groups excluding carboxylic acids is 2. The van der Waals surface area contributed by atoms with Crippen molar-refractivity contribution in [3.8, 4) is 5.75 Å². The first-order valence-electron chi connectivity index (χ1n) is 7.48. The van der Waals surface area contributed by atoms with Gasteiger partial charge in [0.25, 0.3) is 0 Å². The molecule has 0 fully saturated rings. The van der Waals surface area contributed by atoms with Gasteiger partial charge in [-0.15, -0.1) is 0 Å². The van der Waals surface area contributed by atoms with Crippen LogP contribution in [0.3, 0.4) is 0 Å². The quantitative estimate of drug-likeness (QED) is 0.854. The lowest BCUT2D eigenvalue weighted by Gasteiger charge is -2.28. The Morgan fingerprint density at radius 3 is 2.08 bits per heavy atom. The molecule has 0 saturated heterocycles. The predicted octanol–water partition coefficient (Wildman–Crippen LogP) is 2.99. The molecule has 0 bridgehead atoms. The minimum absolute atomic E-state index is 0.213. The number of fused-ring (bicyclic) bond motifs is 3. The third kappa shape index (κ3) is 2.08. The molecular weight excluding hydrogens is 308 g/mol. The molecular formula is C19H18O5. The largest absolute Gasteiger partial charge is 0.496 e. The molecule has 0 saturated carbocycles. The van der Waals surface area contributed by atoms with Crippen molar-refractivity contribution in [3.05, 3.63) is 57.6 Å². The number of ether oxygens (including phenoxy) is 3. The second-order valence-electron chi connectivity index (χ2n) is 5.69. The number of Topliss-reactive ketones (excluding diaryl/α,β-unsaturated/α-hetero) is 1. The minimum atomic E-state index is -0.232. The molecule has 1 aromatic carbocycles. The summed E-state index contributed by atoms with van der Waals surface area (Å²) in [6, 6.07) is 3.56. The lowest BCUT2D eigenvalue weighted by Crippen LogP contribution is -2.23. The Labute approximate surface area is 140 Å². The van der Waals surface area contributed by atoms with Crippen LogP contribution in [0.4, 0.5) is 0 Å². The molecule has 24 heavy (non-hydrogen) atoms. The highest BCUT2D eigenvalue weighted by Gasteiger charge is 2.36. The first-order valence-corrected chi connectivity index (χ1v) is 7.48. The Balaban J connectivity index is 2.36. The molecule has 2 aliphatic carbocycles. The van der Waals surface area contributed by atoms with Crippen molar-refractivity contribution >= 4 is 17.1 Å². The van der Waals surface area contributed by atoms with Gasteiger partial charge in [0.15, 0.2) is 11.5 Å². The van der Waals surface area contributed by atoms with Crippen molar-refractivity contribution in [2.75, 3.05) is 21.3 Å². The van der Waals surface area contributed by atoms with E-state index in [-0.39, 0.29) is 23.1 Å². The number of hydrogen-bond acceptors (Lipinski definition) is 5. The van der Waals surface area contributed by atoms with Gasteiger partial charge < -0.3 is 14.2 Å². The summed E-state index contributed by atoms with van der Waals surface area (Å²) in [6.45, 7) is 3.62. The first kappa shape index (κ1) is 16.1. The molecule has 0 atom stereocenters. The number of methoxy groups -OCH3 is 3. The highest BCUT2D eigenvalue weighted by Crippen LogP contribution is 2.44. The second kappa shape index (κ2) is 5.67. The number of aryl methyl sites for hydroxylation is 1. The maximum absolute atomic E-state index is 12.9. The van der Waals surface area contributed by atoms with Gasteiger partial charge in [0.05, 0.1) is 21.3 Å². The summed E-state index contributed by atoms with van der Waals surface area (Å²) in [6.07, 6.45) is 1.49. The van der Waals surface area contributed by atoms with Crippen LogP contribution in [0, 0.1) is 6.92 Å². The fraction of sp³-hybridized carbons (Fsp3) is 0.263. The number of carbonyl (C=O) groups is 2. The van der Waals surface area contributed by atoms with E-state index < -0.39 is 0 Å². The Hall–Kier alpha value is -2.82. The second-order valence-corrected chi connectivity index (χ2v) is 5.69. The first-order chi connectivity index (χ1) is 11.4. The predicted molar refractivity (Wildman–Crippen MR) is 88.8 cm³/mol. The van der Waals surface area contributed by atoms with Crippen molar-refractivity contribution in [2.45, 2.75) is 13.8 Å². The molecule has 0 amide bonds. The summed E-state index contributed by atoms with van der Waals surface area (Å²) < 4.78 is 16.0. The van der Waals surface area contributed by atoms with Crippen LogP contribution in [0.5, 0.6) is 5.75 Å². The van der Waals surface area contributed by atoms with Gasteiger partial charge in [0.2, 0.25) is 11.6 Å². The summed E-state index contributed by atoms with van der Waals surface area (Å²) in [4.78, 5) is 25.2. The van der Waals surface area contributed by atoms with Crippen molar-refractivity contribution in [3.63, 3.8) is 0 Å². The topological polar surface area (TPSA) is 61.8 Å². The maximum atomic E-state index is 12.9. The van der Waals surface area contributed by atoms with Crippen LogP contribution >= 0.6 is 0 Å². The van der Waals surface area contributed by atoms with Crippen LogP contribution < -0.4 is 4.74 Å². The molecule has 3 rings (SSSR count). The monoisotopic (exact) mass is 326 g/mol. The van der Waals surface area contributed by atoms with E-state index in [4.69, 9.17) is 14.2 Å². The zero-order chi connectivity index (χ0) is 17.6. The average Bonchev–Trinajstić information content (AvgIpc) is 2.56.